The van der Waals surface area contributed by atoms with Crippen molar-refractivity contribution in [1.82, 2.24) is 10.3 Å². The highest BCUT2D eigenvalue weighted by molar-refractivity contribution is 7.99. The van der Waals surface area contributed by atoms with Crippen LogP contribution in [0.5, 0.6) is 0 Å². The van der Waals surface area contributed by atoms with E-state index in [1.165, 1.54) is 17.1 Å². The van der Waals surface area contributed by atoms with Crippen molar-refractivity contribution >= 4 is 17.6 Å². The topological polar surface area (TPSA) is 28.2 Å². The molecule has 1 fully saturated rings. The Morgan fingerprint density at radius 3 is 2.94 bits per heavy atom. The summed E-state index contributed by atoms with van der Waals surface area (Å²) in [6.45, 7) is 7.59. The van der Waals surface area contributed by atoms with Crippen LogP contribution in [-0.4, -0.2) is 36.1 Å². The molecule has 1 unspecified atom stereocenters. The van der Waals surface area contributed by atoms with Crippen LogP contribution in [0.4, 0.5) is 5.82 Å². The fourth-order valence-electron chi connectivity index (χ4n) is 2.09. The first-order valence-electron chi connectivity index (χ1n) is 6.33. The normalized spacial score (nSPS) is 18.1. The summed E-state index contributed by atoms with van der Waals surface area (Å²) in [7, 11) is 0. The van der Waals surface area contributed by atoms with Crippen LogP contribution in [0.2, 0.25) is 0 Å². The Bertz CT molecular complexity index is 350. The van der Waals surface area contributed by atoms with Gasteiger partial charge in [0.1, 0.15) is 5.82 Å². The largest absolute Gasteiger partial charge is 0.355 e. The highest BCUT2D eigenvalue weighted by atomic mass is 32.2. The second-order valence-corrected chi connectivity index (χ2v) is 5.55. The van der Waals surface area contributed by atoms with Crippen molar-refractivity contribution in [3.63, 3.8) is 0 Å². The Morgan fingerprint density at radius 1 is 1.47 bits per heavy atom. The molecule has 0 saturated carbocycles. The predicted molar refractivity (Wildman–Crippen MR) is 75.9 cm³/mol. The molecule has 0 radical (unpaired) electrons. The van der Waals surface area contributed by atoms with Crippen LogP contribution in [0, 0.1) is 0 Å². The Balaban J connectivity index is 2.09. The van der Waals surface area contributed by atoms with Crippen molar-refractivity contribution in [3.05, 3.63) is 23.9 Å². The molecule has 1 aromatic rings. The molecule has 94 valence electrons. The average molecular weight is 251 g/mol. The monoisotopic (exact) mass is 251 g/mol. The summed E-state index contributed by atoms with van der Waals surface area (Å²) in [5.74, 6) is 3.57. The van der Waals surface area contributed by atoms with Gasteiger partial charge in [0, 0.05) is 36.8 Å². The molecule has 17 heavy (non-hydrogen) atoms. The van der Waals surface area contributed by atoms with Gasteiger partial charge in [0.2, 0.25) is 0 Å². The number of thioether (sulfide) groups is 1. The molecule has 1 aliphatic heterocycles. The summed E-state index contributed by atoms with van der Waals surface area (Å²) in [5, 5.41) is 3.44. The quantitative estimate of drug-likeness (QED) is 0.889. The van der Waals surface area contributed by atoms with Crippen molar-refractivity contribution in [1.29, 1.82) is 0 Å². The van der Waals surface area contributed by atoms with Gasteiger partial charge in [-0.2, -0.15) is 11.8 Å². The first-order chi connectivity index (χ1) is 8.31. The molecule has 3 nitrogen and oxygen atoms in total. The maximum Gasteiger partial charge on any atom is 0.128 e. The van der Waals surface area contributed by atoms with Crippen LogP contribution in [0.25, 0.3) is 0 Å². The number of anilines is 1. The summed E-state index contributed by atoms with van der Waals surface area (Å²) >= 11 is 2.03. The van der Waals surface area contributed by atoms with E-state index in [1.54, 1.807) is 0 Å². The van der Waals surface area contributed by atoms with Crippen molar-refractivity contribution in [2.45, 2.75) is 19.9 Å². The number of nitrogens with zero attached hydrogens (tertiary/aromatic N) is 2. The van der Waals surface area contributed by atoms with Gasteiger partial charge >= 0.3 is 0 Å². The summed E-state index contributed by atoms with van der Waals surface area (Å²) < 4.78 is 0. The van der Waals surface area contributed by atoms with Gasteiger partial charge in [-0.1, -0.05) is 6.92 Å². The third kappa shape index (κ3) is 3.36. The SMILES string of the molecule is CCNC(C)c1ccnc(N2CCSCC2)c1. The number of pyridine rings is 1. The van der Waals surface area contributed by atoms with Gasteiger partial charge in [-0.05, 0) is 31.2 Å². The van der Waals surface area contributed by atoms with Crippen LogP contribution in [-0.2, 0) is 0 Å². The summed E-state index contributed by atoms with van der Waals surface area (Å²) in [6.07, 6.45) is 1.93. The van der Waals surface area contributed by atoms with E-state index in [-0.39, 0.29) is 0 Å². The van der Waals surface area contributed by atoms with E-state index in [0.717, 1.165) is 25.5 Å². The fourth-order valence-corrected chi connectivity index (χ4v) is 3.00. The third-order valence-corrected chi connectivity index (χ3v) is 4.06. The molecular formula is C13H21N3S. The van der Waals surface area contributed by atoms with Gasteiger partial charge < -0.3 is 10.2 Å². The number of nitrogens with one attached hydrogen (secondary N) is 1. The van der Waals surface area contributed by atoms with Crippen LogP contribution >= 0.6 is 11.8 Å². The van der Waals surface area contributed by atoms with E-state index in [9.17, 15) is 0 Å². The molecule has 0 aromatic carbocycles. The minimum absolute atomic E-state index is 0.404. The molecular weight excluding hydrogens is 230 g/mol. The molecule has 2 heterocycles. The zero-order valence-electron chi connectivity index (χ0n) is 10.6. The van der Waals surface area contributed by atoms with Crippen LogP contribution in [0.1, 0.15) is 25.5 Å². The Hall–Kier alpha value is -0.740. The van der Waals surface area contributed by atoms with Gasteiger partial charge in [-0.25, -0.2) is 4.98 Å². The van der Waals surface area contributed by atoms with Gasteiger partial charge in [0.15, 0.2) is 0 Å². The average Bonchev–Trinajstić information content (AvgIpc) is 2.40. The Morgan fingerprint density at radius 2 is 2.24 bits per heavy atom. The molecule has 1 aromatic heterocycles. The molecule has 0 aliphatic carbocycles. The van der Waals surface area contributed by atoms with E-state index < -0.39 is 0 Å². The summed E-state index contributed by atoms with van der Waals surface area (Å²) in [5.41, 5.74) is 1.33. The van der Waals surface area contributed by atoms with E-state index in [2.05, 4.69) is 41.2 Å². The minimum Gasteiger partial charge on any atom is -0.355 e. The lowest BCUT2D eigenvalue weighted by Gasteiger charge is -2.28. The van der Waals surface area contributed by atoms with E-state index in [0.29, 0.717) is 6.04 Å². The molecule has 0 amide bonds. The molecule has 1 aliphatic rings. The number of hydrogen-bond donors (Lipinski definition) is 1. The minimum atomic E-state index is 0.404. The summed E-state index contributed by atoms with van der Waals surface area (Å²) in [4.78, 5) is 6.88. The van der Waals surface area contributed by atoms with Crippen molar-refractivity contribution in [3.8, 4) is 0 Å². The van der Waals surface area contributed by atoms with Gasteiger partial charge in [0.25, 0.3) is 0 Å². The highest BCUT2D eigenvalue weighted by Crippen LogP contribution is 2.20. The molecule has 4 heteroatoms. The van der Waals surface area contributed by atoms with Gasteiger partial charge in [0.05, 0.1) is 0 Å². The lowest BCUT2D eigenvalue weighted by atomic mass is 10.1. The maximum atomic E-state index is 4.49. The van der Waals surface area contributed by atoms with Crippen molar-refractivity contribution < 1.29 is 0 Å². The highest BCUT2D eigenvalue weighted by Gasteiger charge is 2.13. The second kappa shape index (κ2) is 6.26. The Labute approximate surface area is 108 Å². The van der Waals surface area contributed by atoms with Crippen LogP contribution in [0.3, 0.4) is 0 Å². The van der Waals surface area contributed by atoms with Crippen LogP contribution < -0.4 is 10.2 Å². The number of aromatic nitrogens is 1. The maximum absolute atomic E-state index is 4.49. The lowest BCUT2D eigenvalue weighted by Crippen LogP contribution is -2.33. The van der Waals surface area contributed by atoms with Crippen molar-refractivity contribution in [2.75, 3.05) is 36.0 Å². The first-order valence-corrected chi connectivity index (χ1v) is 7.48. The third-order valence-electron chi connectivity index (χ3n) is 3.11. The van der Waals surface area contributed by atoms with Gasteiger partial charge in [-0.3, -0.25) is 0 Å². The number of rotatable bonds is 4. The van der Waals surface area contributed by atoms with E-state index >= 15 is 0 Å². The summed E-state index contributed by atoms with van der Waals surface area (Å²) in [6, 6.07) is 4.74. The molecule has 1 saturated heterocycles. The first kappa shape index (κ1) is 12.7. The van der Waals surface area contributed by atoms with Crippen molar-refractivity contribution in [2.24, 2.45) is 0 Å². The molecule has 1 N–H and O–H groups in total. The smallest absolute Gasteiger partial charge is 0.128 e. The zero-order chi connectivity index (χ0) is 12.1. The molecule has 1 atom stereocenters. The standard InChI is InChI=1S/C13H21N3S/c1-3-14-11(2)12-4-5-15-13(10-12)16-6-8-17-9-7-16/h4-5,10-11,14H,3,6-9H2,1-2H3. The predicted octanol–water partition coefficient (Wildman–Crippen LogP) is 2.31. The van der Waals surface area contributed by atoms with Gasteiger partial charge in [-0.15, -0.1) is 0 Å². The zero-order valence-corrected chi connectivity index (χ0v) is 11.5. The Kier molecular flexibility index (Phi) is 4.68. The van der Waals surface area contributed by atoms with Crippen LogP contribution in [0.15, 0.2) is 18.3 Å². The lowest BCUT2D eigenvalue weighted by molar-refractivity contribution is 0.597. The molecule has 0 spiro atoms. The van der Waals surface area contributed by atoms with E-state index in [4.69, 9.17) is 0 Å². The fraction of sp³-hybridized carbons (Fsp3) is 0.615. The second-order valence-electron chi connectivity index (χ2n) is 4.33. The number of hydrogen-bond acceptors (Lipinski definition) is 4. The molecule has 2 rings (SSSR count). The molecule has 0 bridgehead atoms. The van der Waals surface area contributed by atoms with E-state index in [1.807, 2.05) is 18.0 Å².